The molecule has 13 heteroatoms. The smallest absolute Gasteiger partial charge is 0.338 e. The summed E-state index contributed by atoms with van der Waals surface area (Å²) in [5.74, 6) is 0.388. The van der Waals surface area contributed by atoms with E-state index in [0.29, 0.717) is 53.9 Å². The zero-order valence-electron chi connectivity index (χ0n) is 26.6. The molecule has 0 fully saturated rings. The first-order valence-electron chi connectivity index (χ1n) is 14.9. The van der Waals surface area contributed by atoms with E-state index in [4.69, 9.17) is 23.7 Å². The van der Waals surface area contributed by atoms with Crippen molar-refractivity contribution in [3.05, 3.63) is 100 Å². The minimum absolute atomic E-state index is 0.161. The fourth-order valence-corrected chi connectivity index (χ4v) is 4.62. The minimum atomic E-state index is -1.15. The molecule has 2 atom stereocenters. The molecule has 0 aromatic heterocycles. The number of methoxy groups -OCH3 is 1. The molecule has 4 N–H and O–H groups in total. The maximum Gasteiger partial charge on any atom is 0.338 e. The van der Waals surface area contributed by atoms with Gasteiger partial charge in [0.2, 0.25) is 0 Å². The minimum Gasteiger partial charge on any atom is -0.490 e. The molecule has 0 unspecified atom stereocenters. The number of carbonyl (C=O) groups is 3. The van der Waals surface area contributed by atoms with Crippen molar-refractivity contribution in [2.24, 2.45) is 5.10 Å². The van der Waals surface area contributed by atoms with Crippen LogP contribution in [-0.2, 0) is 20.9 Å². The maximum absolute atomic E-state index is 12.4. The van der Waals surface area contributed by atoms with Crippen LogP contribution in [0.25, 0.3) is 0 Å². The van der Waals surface area contributed by atoms with E-state index >= 15 is 0 Å². The van der Waals surface area contributed by atoms with Gasteiger partial charge in [0.05, 0.1) is 43.7 Å². The Balaban J connectivity index is 1.32. The van der Waals surface area contributed by atoms with Gasteiger partial charge in [0.25, 0.3) is 0 Å². The normalized spacial score (nSPS) is 14.9. The van der Waals surface area contributed by atoms with Crippen molar-refractivity contribution in [3.8, 4) is 17.2 Å². The second-order valence-electron chi connectivity index (χ2n) is 10.2. The Morgan fingerprint density at radius 1 is 0.979 bits per heavy atom. The molecule has 0 aliphatic carbocycles. The fraction of sp³-hybridized carbons (Fsp3) is 0.294. The zero-order valence-corrected chi connectivity index (χ0v) is 26.6. The van der Waals surface area contributed by atoms with Crippen LogP contribution in [0, 0.1) is 0 Å². The lowest BCUT2D eigenvalue weighted by molar-refractivity contribution is -0.136. The van der Waals surface area contributed by atoms with Crippen molar-refractivity contribution in [1.82, 2.24) is 16.1 Å². The number of urea groups is 1. The molecule has 2 amide bonds. The van der Waals surface area contributed by atoms with E-state index in [0.717, 1.165) is 11.1 Å². The molecule has 0 bridgehead atoms. The number of ether oxygens (including phenoxy) is 5. The van der Waals surface area contributed by atoms with E-state index < -0.39 is 24.3 Å². The molecule has 0 radical (unpaired) electrons. The number of rotatable bonds is 15. The van der Waals surface area contributed by atoms with Gasteiger partial charge in [0, 0.05) is 5.70 Å². The number of nitrogens with zero attached hydrogens (tertiary/aromatic N) is 1. The molecule has 3 aromatic carbocycles. The van der Waals surface area contributed by atoms with Crippen LogP contribution >= 0.6 is 0 Å². The number of aliphatic hydroxyl groups excluding tert-OH is 1. The molecule has 1 heterocycles. The predicted octanol–water partition coefficient (Wildman–Crippen LogP) is 3.96. The third-order valence-corrected chi connectivity index (χ3v) is 6.84. The van der Waals surface area contributed by atoms with Crippen molar-refractivity contribution >= 4 is 24.2 Å². The standard InChI is InChI=1S/C34H38N4O9/c1-5-44-28-17-25(31-30(33(41)43-4)21(3)36-34(42)37-31)14-15-27(28)47-20-29(39)38-35-18-23-8-7-9-26(16-23)46-19-22-10-12-24(13-11-22)32(40)45-6-2/h7-18,29,31,38-39H,5-6,19-20H2,1-4H3,(H2,36,37,42)/b35-18+/t29-,31-/m0/s1. The van der Waals surface area contributed by atoms with E-state index in [9.17, 15) is 19.5 Å². The van der Waals surface area contributed by atoms with Gasteiger partial charge in [-0.05, 0) is 73.9 Å². The molecule has 47 heavy (non-hydrogen) atoms. The Bertz CT molecular complexity index is 1620. The van der Waals surface area contributed by atoms with Gasteiger partial charge < -0.3 is 39.4 Å². The van der Waals surface area contributed by atoms with Crippen LogP contribution in [0.15, 0.2) is 83.1 Å². The van der Waals surface area contributed by atoms with Gasteiger partial charge in [0.1, 0.15) is 19.0 Å². The number of carbonyl (C=O) groups excluding carboxylic acids is 3. The van der Waals surface area contributed by atoms with Gasteiger partial charge in [-0.3, -0.25) is 5.43 Å². The Hall–Kier alpha value is -5.56. The van der Waals surface area contributed by atoms with E-state index in [1.165, 1.54) is 13.3 Å². The van der Waals surface area contributed by atoms with Crippen molar-refractivity contribution in [2.75, 3.05) is 26.9 Å². The number of amides is 2. The van der Waals surface area contributed by atoms with Gasteiger partial charge >= 0.3 is 18.0 Å². The van der Waals surface area contributed by atoms with Gasteiger partial charge in [0.15, 0.2) is 17.7 Å². The summed E-state index contributed by atoms with van der Waals surface area (Å²) >= 11 is 0. The summed E-state index contributed by atoms with van der Waals surface area (Å²) in [5.41, 5.74) is 5.95. The number of nitrogens with one attached hydrogen (secondary N) is 3. The average molecular weight is 647 g/mol. The summed E-state index contributed by atoms with van der Waals surface area (Å²) in [5, 5.41) is 19.9. The quantitative estimate of drug-likeness (QED) is 0.0822. The molecule has 0 saturated heterocycles. The van der Waals surface area contributed by atoms with Crippen LogP contribution in [0.3, 0.4) is 0 Å². The molecule has 3 aromatic rings. The molecule has 1 aliphatic rings. The van der Waals surface area contributed by atoms with Crippen LogP contribution in [0.1, 0.15) is 53.9 Å². The van der Waals surface area contributed by atoms with Crippen LogP contribution < -0.4 is 30.3 Å². The Morgan fingerprint density at radius 3 is 2.49 bits per heavy atom. The second kappa shape index (κ2) is 16.7. The molecule has 0 spiro atoms. The number of hydrogen-bond donors (Lipinski definition) is 4. The number of hydrogen-bond acceptors (Lipinski definition) is 11. The third-order valence-electron chi connectivity index (χ3n) is 6.84. The van der Waals surface area contributed by atoms with Gasteiger partial charge in [-0.15, -0.1) is 0 Å². The number of hydrazone groups is 1. The van der Waals surface area contributed by atoms with E-state index in [-0.39, 0.29) is 18.1 Å². The number of allylic oxidation sites excluding steroid dienone is 1. The third kappa shape index (κ3) is 9.47. The lowest BCUT2D eigenvalue weighted by Crippen LogP contribution is -2.45. The van der Waals surface area contributed by atoms with Crippen molar-refractivity contribution in [1.29, 1.82) is 0 Å². The van der Waals surface area contributed by atoms with Gasteiger partial charge in [-0.2, -0.15) is 5.10 Å². The molecule has 0 saturated carbocycles. The number of aliphatic hydroxyl groups is 1. The van der Waals surface area contributed by atoms with E-state index in [1.54, 1.807) is 50.2 Å². The molecular formula is C34H38N4O9. The zero-order chi connectivity index (χ0) is 33.8. The summed E-state index contributed by atoms with van der Waals surface area (Å²) in [6, 6.07) is 18.0. The highest BCUT2D eigenvalue weighted by atomic mass is 16.5. The predicted molar refractivity (Wildman–Crippen MR) is 172 cm³/mol. The van der Waals surface area contributed by atoms with Crippen LogP contribution in [-0.4, -0.2) is 62.4 Å². The van der Waals surface area contributed by atoms with E-state index in [2.05, 4.69) is 21.2 Å². The molecule has 13 nitrogen and oxygen atoms in total. The van der Waals surface area contributed by atoms with Crippen LogP contribution in [0.2, 0.25) is 0 Å². The lowest BCUT2D eigenvalue weighted by Gasteiger charge is -2.28. The number of esters is 2. The Kier molecular flexibility index (Phi) is 12.2. The first-order valence-corrected chi connectivity index (χ1v) is 14.9. The van der Waals surface area contributed by atoms with Gasteiger partial charge in [-0.25, -0.2) is 14.4 Å². The second-order valence-corrected chi connectivity index (χ2v) is 10.2. The molecule has 248 valence electrons. The lowest BCUT2D eigenvalue weighted by atomic mass is 9.95. The van der Waals surface area contributed by atoms with Crippen molar-refractivity contribution < 1.29 is 43.2 Å². The van der Waals surface area contributed by atoms with Crippen molar-refractivity contribution in [3.63, 3.8) is 0 Å². The summed E-state index contributed by atoms with van der Waals surface area (Å²) in [7, 11) is 1.27. The highest BCUT2D eigenvalue weighted by Crippen LogP contribution is 2.35. The summed E-state index contributed by atoms with van der Waals surface area (Å²) < 4.78 is 27.3. The van der Waals surface area contributed by atoms with E-state index in [1.807, 2.05) is 37.3 Å². The highest BCUT2D eigenvalue weighted by Gasteiger charge is 2.32. The topological polar surface area (TPSA) is 166 Å². The summed E-state index contributed by atoms with van der Waals surface area (Å²) in [4.78, 5) is 36.4. The monoisotopic (exact) mass is 646 g/mol. The Labute approximate surface area is 272 Å². The summed E-state index contributed by atoms with van der Waals surface area (Å²) in [6.07, 6.45) is 0.379. The highest BCUT2D eigenvalue weighted by molar-refractivity contribution is 5.95. The number of benzene rings is 3. The first-order chi connectivity index (χ1) is 22.7. The van der Waals surface area contributed by atoms with Crippen molar-refractivity contribution in [2.45, 2.75) is 39.6 Å². The fourth-order valence-electron chi connectivity index (χ4n) is 4.62. The van der Waals surface area contributed by atoms with Gasteiger partial charge in [-0.1, -0.05) is 30.3 Å². The molecule has 1 aliphatic heterocycles. The Morgan fingerprint density at radius 2 is 1.77 bits per heavy atom. The largest absolute Gasteiger partial charge is 0.490 e. The average Bonchev–Trinajstić information content (AvgIpc) is 3.06. The maximum atomic E-state index is 12.4. The first kappa shape index (κ1) is 34.3. The summed E-state index contributed by atoms with van der Waals surface area (Å²) in [6.45, 7) is 5.98. The van der Waals surface area contributed by atoms with Crippen LogP contribution in [0.5, 0.6) is 17.2 Å². The SMILES string of the molecule is CCOC(=O)c1ccc(COc2cccc(/C=N/N[C@@H](O)COc3ccc([C@@H]4NC(=O)NC(C)=C4C(=O)OC)cc3OCC)c2)cc1. The van der Waals surface area contributed by atoms with Crippen LogP contribution in [0.4, 0.5) is 4.79 Å². The molecule has 4 rings (SSSR count). The molecular weight excluding hydrogens is 608 g/mol.